The fourth-order valence-corrected chi connectivity index (χ4v) is 2.56. The zero-order valence-electron chi connectivity index (χ0n) is 14.7. The summed E-state index contributed by atoms with van der Waals surface area (Å²) in [5.41, 5.74) is 7.73. The minimum Gasteiger partial charge on any atom is -0.490 e. The van der Waals surface area contributed by atoms with Gasteiger partial charge in [-0.25, -0.2) is 9.37 Å². The van der Waals surface area contributed by atoms with Crippen molar-refractivity contribution in [2.45, 2.75) is 19.9 Å². The Kier molecular flexibility index (Phi) is 5.48. The van der Waals surface area contributed by atoms with Crippen LogP contribution in [0.25, 0.3) is 11.4 Å². The zero-order chi connectivity index (χ0) is 18.5. The van der Waals surface area contributed by atoms with Gasteiger partial charge >= 0.3 is 0 Å². The van der Waals surface area contributed by atoms with Crippen LogP contribution in [-0.4, -0.2) is 28.4 Å². The van der Waals surface area contributed by atoms with Gasteiger partial charge in [0, 0.05) is 5.56 Å². The number of aromatic nitrogens is 3. The lowest BCUT2D eigenvalue weighted by Gasteiger charge is -2.11. The molecule has 0 unspecified atom stereocenters. The van der Waals surface area contributed by atoms with Crippen molar-refractivity contribution in [3.8, 4) is 22.9 Å². The Hall–Kier alpha value is -2.93. The third-order valence-corrected chi connectivity index (χ3v) is 3.83. The molecule has 1 atom stereocenters. The van der Waals surface area contributed by atoms with Gasteiger partial charge in [-0.05, 0) is 49.7 Å². The molecule has 1 aromatic heterocycles. The number of nitrogens with zero attached hydrogens (tertiary/aromatic N) is 2. The predicted molar refractivity (Wildman–Crippen MR) is 96.6 cm³/mol. The van der Waals surface area contributed by atoms with Crippen LogP contribution in [0.5, 0.6) is 11.5 Å². The molecule has 3 N–H and O–H groups in total. The van der Waals surface area contributed by atoms with Gasteiger partial charge in [-0.15, -0.1) is 0 Å². The number of halogens is 1. The maximum absolute atomic E-state index is 13.1. The van der Waals surface area contributed by atoms with E-state index in [0.717, 1.165) is 11.1 Å². The molecule has 0 spiro atoms. The van der Waals surface area contributed by atoms with Gasteiger partial charge in [0.1, 0.15) is 11.6 Å². The molecule has 0 fully saturated rings. The van der Waals surface area contributed by atoms with E-state index in [1.54, 1.807) is 12.1 Å². The van der Waals surface area contributed by atoms with Crippen molar-refractivity contribution in [1.82, 2.24) is 15.2 Å². The summed E-state index contributed by atoms with van der Waals surface area (Å²) in [7, 11) is 0. The van der Waals surface area contributed by atoms with Crippen molar-refractivity contribution in [1.29, 1.82) is 0 Å². The van der Waals surface area contributed by atoms with E-state index >= 15 is 0 Å². The van der Waals surface area contributed by atoms with Gasteiger partial charge in [-0.2, -0.15) is 5.10 Å². The molecule has 0 saturated carbocycles. The predicted octanol–water partition coefficient (Wildman–Crippen LogP) is 3.46. The minimum atomic E-state index is -0.522. The van der Waals surface area contributed by atoms with E-state index in [0.29, 0.717) is 36.4 Å². The maximum Gasteiger partial charge on any atom is 0.181 e. The average molecular weight is 356 g/mol. The molecule has 0 aliphatic carbocycles. The number of H-pyrrole nitrogens is 1. The van der Waals surface area contributed by atoms with Gasteiger partial charge in [0.15, 0.2) is 17.3 Å². The summed E-state index contributed by atoms with van der Waals surface area (Å²) in [4.78, 5) is 4.47. The first-order valence-corrected chi connectivity index (χ1v) is 8.45. The SMILES string of the molecule is CCOc1ccc(-c2n[nH]c([C@H](N)c3ccc(F)cc3)n2)cc1OCC. The van der Waals surface area contributed by atoms with Crippen molar-refractivity contribution in [3.05, 3.63) is 59.7 Å². The molecule has 7 heteroatoms. The van der Waals surface area contributed by atoms with Crippen molar-refractivity contribution >= 4 is 0 Å². The molecule has 0 radical (unpaired) electrons. The number of ether oxygens (including phenoxy) is 2. The van der Waals surface area contributed by atoms with Gasteiger partial charge in [-0.3, -0.25) is 5.10 Å². The van der Waals surface area contributed by atoms with Crippen LogP contribution in [0.2, 0.25) is 0 Å². The van der Waals surface area contributed by atoms with E-state index in [9.17, 15) is 4.39 Å². The second-order valence-corrected chi connectivity index (χ2v) is 5.60. The molecule has 0 aliphatic heterocycles. The first kappa shape index (κ1) is 17.9. The highest BCUT2D eigenvalue weighted by Gasteiger charge is 2.16. The molecule has 6 nitrogen and oxygen atoms in total. The van der Waals surface area contributed by atoms with Gasteiger partial charge < -0.3 is 15.2 Å². The number of aromatic amines is 1. The Morgan fingerprint density at radius 3 is 2.42 bits per heavy atom. The van der Waals surface area contributed by atoms with Crippen LogP contribution in [-0.2, 0) is 0 Å². The third-order valence-electron chi connectivity index (χ3n) is 3.83. The maximum atomic E-state index is 13.1. The van der Waals surface area contributed by atoms with Crippen LogP contribution in [0.3, 0.4) is 0 Å². The minimum absolute atomic E-state index is 0.308. The number of benzene rings is 2. The second-order valence-electron chi connectivity index (χ2n) is 5.60. The van der Waals surface area contributed by atoms with Gasteiger partial charge in [-0.1, -0.05) is 12.1 Å². The highest BCUT2D eigenvalue weighted by molar-refractivity contribution is 5.61. The Labute approximate surface area is 151 Å². The standard InChI is InChI=1S/C19H21FN4O2/c1-3-25-15-10-7-13(11-16(15)26-4-2)18-22-19(24-23-18)17(21)12-5-8-14(20)9-6-12/h5-11,17H,3-4,21H2,1-2H3,(H,22,23,24)/t17-/m1/s1. The lowest BCUT2D eigenvalue weighted by molar-refractivity contribution is 0.288. The first-order chi connectivity index (χ1) is 12.6. The lowest BCUT2D eigenvalue weighted by Crippen LogP contribution is -2.13. The highest BCUT2D eigenvalue weighted by Crippen LogP contribution is 2.32. The molecule has 0 aliphatic rings. The molecule has 2 aromatic carbocycles. The summed E-state index contributed by atoms with van der Waals surface area (Å²) in [6.07, 6.45) is 0. The Morgan fingerprint density at radius 2 is 1.73 bits per heavy atom. The molecular formula is C19H21FN4O2. The number of nitrogens with two attached hydrogens (primary N) is 1. The van der Waals surface area contributed by atoms with Crippen molar-refractivity contribution < 1.29 is 13.9 Å². The largest absolute Gasteiger partial charge is 0.490 e. The summed E-state index contributed by atoms with van der Waals surface area (Å²) in [6, 6.07) is 11.0. The summed E-state index contributed by atoms with van der Waals surface area (Å²) in [5, 5.41) is 7.10. The quantitative estimate of drug-likeness (QED) is 0.677. The van der Waals surface area contributed by atoms with Gasteiger partial charge in [0.2, 0.25) is 0 Å². The van der Waals surface area contributed by atoms with Crippen LogP contribution >= 0.6 is 0 Å². The summed E-state index contributed by atoms with van der Waals surface area (Å²) in [6.45, 7) is 4.91. The van der Waals surface area contributed by atoms with Crippen LogP contribution in [0.15, 0.2) is 42.5 Å². The van der Waals surface area contributed by atoms with E-state index < -0.39 is 6.04 Å². The fraction of sp³-hybridized carbons (Fsp3) is 0.263. The molecular weight excluding hydrogens is 335 g/mol. The second kappa shape index (κ2) is 7.97. The lowest BCUT2D eigenvalue weighted by atomic mass is 10.1. The molecule has 0 saturated heterocycles. The summed E-state index contributed by atoms with van der Waals surface area (Å²) < 4.78 is 24.3. The number of rotatable bonds is 7. The van der Waals surface area contributed by atoms with Crippen LogP contribution in [0, 0.1) is 5.82 Å². The molecule has 3 rings (SSSR count). The molecule has 3 aromatic rings. The van der Waals surface area contributed by atoms with Crippen LogP contribution in [0.4, 0.5) is 4.39 Å². The zero-order valence-corrected chi connectivity index (χ0v) is 14.7. The Balaban J connectivity index is 1.87. The Bertz CT molecular complexity index is 864. The van der Waals surface area contributed by atoms with Gasteiger partial charge in [0.05, 0.1) is 19.3 Å². The van der Waals surface area contributed by atoms with Crippen molar-refractivity contribution in [2.24, 2.45) is 5.73 Å². The number of nitrogens with one attached hydrogen (secondary N) is 1. The molecule has 136 valence electrons. The highest BCUT2D eigenvalue weighted by atomic mass is 19.1. The molecule has 0 amide bonds. The van der Waals surface area contributed by atoms with E-state index in [1.807, 2.05) is 32.0 Å². The van der Waals surface area contributed by atoms with Crippen molar-refractivity contribution in [2.75, 3.05) is 13.2 Å². The summed E-state index contributed by atoms with van der Waals surface area (Å²) >= 11 is 0. The van der Waals surface area contributed by atoms with Crippen LogP contribution < -0.4 is 15.2 Å². The molecule has 0 bridgehead atoms. The topological polar surface area (TPSA) is 86.0 Å². The number of hydrogen-bond acceptors (Lipinski definition) is 5. The molecule has 26 heavy (non-hydrogen) atoms. The van der Waals surface area contributed by atoms with Crippen LogP contribution in [0.1, 0.15) is 31.3 Å². The van der Waals surface area contributed by atoms with Gasteiger partial charge in [0.25, 0.3) is 0 Å². The average Bonchev–Trinajstić information content (AvgIpc) is 3.14. The molecule has 1 heterocycles. The van der Waals surface area contributed by atoms with E-state index in [4.69, 9.17) is 15.2 Å². The normalized spacial score (nSPS) is 12.0. The van der Waals surface area contributed by atoms with Crippen molar-refractivity contribution in [3.63, 3.8) is 0 Å². The monoisotopic (exact) mass is 356 g/mol. The summed E-state index contributed by atoms with van der Waals surface area (Å²) in [5.74, 6) is 2.01. The van der Waals surface area contributed by atoms with E-state index in [1.165, 1.54) is 12.1 Å². The third kappa shape index (κ3) is 3.83. The smallest absolute Gasteiger partial charge is 0.181 e. The Morgan fingerprint density at radius 1 is 1.04 bits per heavy atom. The van der Waals surface area contributed by atoms with E-state index in [2.05, 4.69) is 15.2 Å². The van der Waals surface area contributed by atoms with E-state index in [-0.39, 0.29) is 5.82 Å². The number of hydrogen-bond donors (Lipinski definition) is 2. The first-order valence-electron chi connectivity index (χ1n) is 8.45. The fourth-order valence-electron chi connectivity index (χ4n) is 2.56.